The Balaban J connectivity index is 2.45. The number of hydrogen-bond donors (Lipinski definition) is 0. The number of imide groups is 1. The number of amides is 2. The van der Waals surface area contributed by atoms with E-state index in [1.807, 2.05) is 32.9 Å². The quantitative estimate of drug-likeness (QED) is 0.499. The Morgan fingerprint density at radius 1 is 1.44 bits per heavy atom. The van der Waals surface area contributed by atoms with Gasteiger partial charge in [0.25, 0.3) is 5.91 Å². The highest BCUT2D eigenvalue weighted by Gasteiger charge is 2.64. The van der Waals surface area contributed by atoms with Crippen LogP contribution in [0.3, 0.4) is 0 Å². The van der Waals surface area contributed by atoms with Crippen molar-refractivity contribution in [2.75, 3.05) is 0 Å². The van der Waals surface area contributed by atoms with Crippen molar-refractivity contribution >= 4 is 11.8 Å². The van der Waals surface area contributed by atoms with Gasteiger partial charge in [0.1, 0.15) is 0 Å². The van der Waals surface area contributed by atoms with Crippen molar-refractivity contribution in [2.24, 2.45) is 10.8 Å². The number of likely N-dealkylation sites (tertiary alicyclic amines) is 1. The summed E-state index contributed by atoms with van der Waals surface area (Å²) in [4.78, 5) is 25.5. The summed E-state index contributed by atoms with van der Waals surface area (Å²) >= 11 is 0. The van der Waals surface area contributed by atoms with Crippen molar-refractivity contribution in [3.05, 3.63) is 24.3 Å². The Labute approximate surface area is 95.8 Å². The number of carbonyl (C=O) groups excluding carboxylic acids is 2. The Kier molecular flexibility index (Phi) is 2.13. The van der Waals surface area contributed by atoms with Crippen LogP contribution in [0.5, 0.6) is 0 Å². The van der Waals surface area contributed by atoms with Crippen LogP contribution in [0.25, 0.3) is 0 Å². The minimum Gasteiger partial charge on any atom is -0.273 e. The molecule has 1 heterocycles. The van der Waals surface area contributed by atoms with E-state index in [4.69, 9.17) is 0 Å². The molecule has 2 bridgehead atoms. The number of carbonyl (C=O) groups is 2. The summed E-state index contributed by atoms with van der Waals surface area (Å²) in [6.45, 7) is 7.77. The Hall–Kier alpha value is -1.38. The van der Waals surface area contributed by atoms with Gasteiger partial charge in [-0.25, -0.2) is 0 Å². The highest BCUT2D eigenvalue weighted by atomic mass is 16.2. The van der Waals surface area contributed by atoms with E-state index in [1.54, 1.807) is 13.0 Å². The van der Waals surface area contributed by atoms with Gasteiger partial charge >= 0.3 is 0 Å². The largest absolute Gasteiger partial charge is 0.273 e. The van der Waals surface area contributed by atoms with Crippen molar-refractivity contribution < 1.29 is 9.59 Å². The number of nitrogens with zero attached hydrogens (tertiary/aromatic N) is 1. The van der Waals surface area contributed by atoms with E-state index in [0.717, 1.165) is 0 Å². The second kappa shape index (κ2) is 3.06. The zero-order chi connectivity index (χ0) is 12.1. The molecule has 3 heteroatoms. The molecule has 0 aromatic heterocycles. The molecule has 0 N–H and O–H groups in total. The highest BCUT2D eigenvalue weighted by molar-refractivity contribution is 6.07. The van der Waals surface area contributed by atoms with Crippen molar-refractivity contribution in [3.63, 3.8) is 0 Å². The molecule has 86 valence electrons. The van der Waals surface area contributed by atoms with Crippen molar-refractivity contribution in [3.8, 4) is 0 Å². The van der Waals surface area contributed by atoms with Crippen LogP contribution in [0.1, 0.15) is 27.7 Å². The maximum Gasteiger partial charge on any atom is 0.253 e. The van der Waals surface area contributed by atoms with Gasteiger partial charge in [-0.3, -0.25) is 14.5 Å². The molecule has 2 amide bonds. The summed E-state index contributed by atoms with van der Waals surface area (Å²) in [7, 11) is 0. The third-order valence-electron chi connectivity index (χ3n) is 4.18. The molecule has 2 rings (SSSR count). The van der Waals surface area contributed by atoms with E-state index in [0.29, 0.717) is 0 Å². The summed E-state index contributed by atoms with van der Waals surface area (Å²) in [6, 6.07) is -0.103. The molecular weight excluding hydrogens is 202 g/mol. The van der Waals surface area contributed by atoms with Gasteiger partial charge < -0.3 is 0 Å². The fraction of sp³-hybridized carbons (Fsp3) is 0.538. The summed E-state index contributed by atoms with van der Waals surface area (Å²) in [6.07, 6.45) is 7.04. The SMILES string of the molecule is C/C=C/C(=O)N1C(=O)[C@]2(C)C=C[C@H]1C2(C)C. The first kappa shape index (κ1) is 11.1. The fourth-order valence-electron chi connectivity index (χ4n) is 2.64. The predicted molar refractivity (Wildman–Crippen MR) is 61.5 cm³/mol. The molecule has 2 aliphatic rings. The van der Waals surface area contributed by atoms with Crippen LogP contribution in [0.2, 0.25) is 0 Å². The van der Waals surface area contributed by atoms with Gasteiger partial charge in [-0.15, -0.1) is 0 Å². The summed E-state index contributed by atoms with van der Waals surface area (Å²) in [5, 5.41) is 0. The lowest BCUT2D eigenvalue weighted by atomic mass is 9.70. The van der Waals surface area contributed by atoms with Gasteiger partial charge in [0.2, 0.25) is 5.91 Å². The predicted octanol–water partition coefficient (Wildman–Crippen LogP) is 1.90. The first-order valence-electron chi connectivity index (χ1n) is 5.56. The maximum atomic E-state index is 12.2. The minimum absolute atomic E-state index is 0.0758. The first-order valence-corrected chi connectivity index (χ1v) is 5.56. The lowest BCUT2D eigenvalue weighted by Gasteiger charge is -2.29. The van der Waals surface area contributed by atoms with E-state index in [9.17, 15) is 9.59 Å². The summed E-state index contributed by atoms with van der Waals surface area (Å²) < 4.78 is 0. The van der Waals surface area contributed by atoms with Crippen molar-refractivity contribution in [1.29, 1.82) is 0 Å². The van der Waals surface area contributed by atoms with Crippen LogP contribution in [0, 0.1) is 10.8 Å². The average molecular weight is 219 g/mol. The number of hydrogen-bond acceptors (Lipinski definition) is 2. The third-order valence-corrected chi connectivity index (χ3v) is 4.18. The van der Waals surface area contributed by atoms with Crippen LogP contribution in [-0.4, -0.2) is 22.8 Å². The number of allylic oxidation sites excluding steroid dienone is 1. The molecule has 16 heavy (non-hydrogen) atoms. The molecule has 0 saturated carbocycles. The third kappa shape index (κ3) is 1.03. The molecule has 0 unspecified atom stereocenters. The lowest BCUT2D eigenvalue weighted by Crippen LogP contribution is -2.41. The van der Waals surface area contributed by atoms with Crippen molar-refractivity contribution in [1.82, 2.24) is 4.90 Å². The van der Waals surface area contributed by atoms with Gasteiger partial charge in [0.15, 0.2) is 0 Å². The van der Waals surface area contributed by atoms with Crippen LogP contribution >= 0.6 is 0 Å². The van der Waals surface area contributed by atoms with E-state index in [-0.39, 0.29) is 23.3 Å². The first-order chi connectivity index (χ1) is 7.36. The molecule has 0 aromatic rings. The smallest absolute Gasteiger partial charge is 0.253 e. The Bertz CT molecular complexity index is 420. The molecule has 2 atom stereocenters. The molecule has 1 fully saturated rings. The average Bonchev–Trinajstić information content (AvgIpc) is 2.50. The normalized spacial score (nSPS) is 35.4. The summed E-state index contributed by atoms with van der Waals surface area (Å²) in [5.41, 5.74) is -0.740. The topological polar surface area (TPSA) is 37.4 Å². The maximum absolute atomic E-state index is 12.2. The molecule has 0 aromatic carbocycles. The Morgan fingerprint density at radius 2 is 2.06 bits per heavy atom. The molecule has 1 aliphatic carbocycles. The van der Waals surface area contributed by atoms with Gasteiger partial charge in [-0.05, 0) is 19.9 Å². The van der Waals surface area contributed by atoms with Gasteiger partial charge in [0.05, 0.1) is 11.5 Å². The van der Waals surface area contributed by atoms with E-state index < -0.39 is 5.41 Å². The molecule has 0 spiro atoms. The zero-order valence-electron chi connectivity index (χ0n) is 10.2. The van der Waals surface area contributed by atoms with E-state index in [1.165, 1.54) is 11.0 Å². The number of rotatable bonds is 1. The second-order valence-corrected chi connectivity index (χ2v) is 5.24. The molecular formula is C13H17NO2. The zero-order valence-corrected chi connectivity index (χ0v) is 10.2. The minimum atomic E-state index is -0.533. The molecule has 3 nitrogen and oxygen atoms in total. The molecule has 0 radical (unpaired) electrons. The standard InChI is InChI=1S/C13H17NO2/c1-5-6-10(15)14-9-7-8-13(4,11(14)16)12(9,2)3/h5-9H,1-4H3/b6-5+/t9-,13-/m0/s1. The van der Waals surface area contributed by atoms with Crippen LogP contribution in [0.15, 0.2) is 24.3 Å². The Morgan fingerprint density at radius 3 is 2.50 bits per heavy atom. The van der Waals surface area contributed by atoms with Gasteiger partial charge in [-0.1, -0.05) is 32.1 Å². The second-order valence-electron chi connectivity index (χ2n) is 5.24. The molecule has 1 aliphatic heterocycles. The van der Waals surface area contributed by atoms with E-state index in [2.05, 4.69) is 0 Å². The number of fused-ring (bicyclic) bond motifs is 2. The van der Waals surface area contributed by atoms with Crippen LogP contribution in [-0.2, 0) is 9.59 Å². The fourth-order valence-corrected chi connectivity index (χ4v) is 2.64. The van der Waals surface area contributed by atoms with Gasteiger partial charge in [-0.2, -0.15) is 0 Å². The van der Waals surface area contributed by atoms with Gasteiger partial charge in [0, 0.05) is 5.41 Å². The molecule has 1 saturated heterocycles. The summed E-state index contributed by atoms with van der Waals surface area (Å²) in [5.74, 6) is -0.285. The van der Waals surface area contributed by atoms with Crippen LogP contribution < -0.4 is 0 Å². The van der Waals surface area contributed by atoms with E-state index >= 15 is 0 Å². The monoisotopic (exact) mass is 219 g/mol. The van der Waals surface area contributed by atoms with Crippen molar-refractivity contribution in [2.45, 2.75) is 33.7 Å². The lowest BCUT2D eigenvalue weighted by molar-refractivity contribution is -0.143. The van der Waals surface area contributed by atoms with Crippen LogP contribution in [0.4, 0.5) is 0 Å². The highest BCUT2D eigenvalue weighted by Crippen LogP contribution is 2.56.